The second-order valence-corrected chi connectivity index (χ2v) is 5.51. The van der Waals surface area contributed by atoms with E-state index in [9.17, 15) is 14.7 Å². The molecule has 2 fully saturated rings. The molecule has 0 spiro atoms. The third kappa shape index (κ3) is 3.00. The summed E-state index contributed by atoms with van der Waals surface area (Å²) in [5.41, 5.74) is 0. The first-order valence-electron chi connectivity index (χ1n) is 6.99. The number of urea groups is 1. The van der Waals surface area contributed by atoms with Crippen molar-refractivity contribution in [1.82, 2.24) is 9.80 Å². The van der Waals surface area contributed by atoms with Crippen molar-refractivity contribution in [2.75, 3.05) is 19.6 Å². The van der Waals surface area contributed by atoms with E-state index in [-0.39, 0.29) is 19.0 Å². The Morgan fingerprint density at radius 3 is 2.53 bits per heavy atom. The van der Waals surface area contributed by atoms with Gasteiger partial charge in [-0.15, -0.1) is 0 Å². The topological polar surface area (TPSA) is 81.1 Å². The van der Waals surface area contributed by atoms with Gasteiger partial charge in [-0.2, -0.15) is 0 Å². The highest BCUT2D eigenvalue weighted by molar-refractivity contribution is 5.83. The maximum Gasteiger partial charge on any atom is 0.326 e. The van der Waals surface area contributed by atoms with Gasteiger partial charge in [-0.25, -0.2) is 9.59 Å². The Balaban J connectivity index is 2.00. The smallest absolute Gasteiger partial charge is 0.326 e. The summed E-state index contributed by atoms with van der Waals surface area (Å²) in [6.45, 7) is 3.30. The van der Waals surface area contributed by atoms with Crippen LogP contribution in [0.2, 0.25) is 0 Å². The van der Waals surface area contributed by atoms with Gasteiger partial charge in [-0.3, -0.25) is 0 Å². The molecule has 6 nitrogen and oxygen atoms in total. The van der Waals surface area contributed by atoms with Crippen LogP contribution in [0.3, 0.4) is 0 Å². The summed E-state index contributed by atoms with van der Waals surface area (Å²) in [5.74, 6) is -0.482. The number of carbonyl (C=O) groups is 2. The SMILES string of the molecule is CCN(CC1CCC1)C(=O)N1C[C@H](O)C[C@@H]1C(=O)O. The summed E-state index contributed by atoms with van der Waals surface area (Å²) in [4.78, 5) is 26.5. The van der Waals surface area contributed by atoms with E-state index in [0.717, 1.165) is 12.8 Å². The molecule has 2 N–H and O–H groups in total. The molecule has 1 heterocycles. The molecule has 1 saturated heterocycles. The molecular formula is C13H22N2O4. The van der Waals surface area contributed by atoms with Gasteiger partial charge in [0.05, 0.1) is 6.10 Å². The normalized spacial score (nSPS) is 27.2. The molecule has 0 aromatic heterocycles. The zero-order valence-electron chi connectivity index (χ0n) is 11.3. The molecule has 2 aliphatic rings. The average molecular weight is 270 g/mol. The maximum atomic E-state index is 12.4. The number of carboxylic acids is 1. The lowest BCUT2D eigenvalue weighted by atomic mass is 9.85. The van der Waals surface area contributed by atoms with Crippen LogP contribution in [0.5, 0.6) is 0 Å². The van der Waals surface area contributed by atoms with Crippen LogP contribution >= 0.6 is 0 Å². The van der Waals surface area contributed by atoms with Crippen molar-refractivity contribution < 1.29 is 19.8 Å². The summed E-state index contributed by atoms with van der Waals surface area (Å²) in [7, 11) is 0. The van der Waals surface area contributed by atoms with Gasteiger partial charge in [0.15, 0.2) is 0 Å². The minimum absolute atomic E-state index is 0.122. The van der Waals surface area contributed by atoms with Crippen LogP contribution in [0.4, 0.5) is 4.79 Å². The van der Waals surface area contributed by atoms with Gasteiger partial charge < -0.3 is 20.0 Å². The summed E-state index contributed by atoms with van der Waals surface area (Å²) in [5, 5.41) is 18.7. The number of carboxylic acid groups (broad SMARTS) is 1. The van der Waals surface area contributed by atoms with Crippen molar-refractivity contribution in [2.24, 2.45) is 5.92 Å². The van der Waals surface area contributed by atoms with Crippen LogP contribution < -0.4 is 0 Å². The standard InChI is InChI=1S/C13H22N2O4/c1-2-14(7-9-4-3-5-9)13(19)15-8-10(16)6-11(15)12(17)18/h9-11,16H,2-8H2,1H3,(H,17,18)/t10-,11-/m1/s1. The zero-order valence-corrected chi connectivity index (χ0v) is 11.3. The summed E-state index contributed by atoms with van der Waals surface area (Å²) < 4.78 is 0. The van der Waals surface area contributed by atoms with E-state index in [0.29, 0.717) is 19.0 Å². The molecule has 0 aromatic carbocycles. The number of hydrogen-bond donors (Lipinski definition) is 2. The van der Waals surface area contributed by atoms with Crippen LogP contribution in [0.1, 0.15) is 32.6 Å². The summed E-state index contributed by atoms with van der Waals surface area (Å²) >= 11 is 0. The van der Waals surface area contributed by atoms with Crippen molar-refractivity contribution >= 4 is 12.0 Å². The molecule has 1 aliphatic carbocycles. The van der Waals surface area contributed by atoms with E-state index < -0.39 is 18.1 Å². The largest absolute Gasteiger partial charge is 0.480 e. The highest BCUT2D eigenvalue weighted by Gasteiger charge is 2.40. The highest BCUT2D eigenvalue weighted by Crippen LogP contribution is 2.28. The molecule has 19 heavy (non-hydrogen) atoms. The molecule has 2 rings (SSSR count). The number of aliphatic hydroxyl groups is 1. The van der Waals surface area contributed by atoms with Crippen molar-refractivity contribution in [3.05, 3.63) is 0 Å². The highest BCUT2D eigenvalue weighted by atomic mass is 16.4. The Bertz CT molecular complexity index is 357. The summed E-state index contributed by atoms with van der Waals surface area (Å²) in [6.07, 6.45) is 2.91. The number of carbonyl (C=O) groups excluding carboxylic acids is 1. The van der Waals surface area contributed by atoms with E-state index >= 15 is 0 Å². The predicted molar refractivity (Wildman–Crippen MR) is 68.7 cm³/mol. The Morgan fingerprint density at radius 1 is 1.37 bits per heavy atom. The lowest BCUT2D eigenvalue weighted by molar-refractivity contribution is -0.141. The minimum Gasteiger partial charge on any atom is -0.480 e. The molecule has 1 saturated carbocycles. The number of nitrogens with zero attached hydrogens (tertiary/aromatic N) is 2. The Hall–Kier alpha value is -1.30. The molecule has 2 amide bonds. The second kappa shape index (κ2) is 5.77. The zero-order chi connectivity index (χ0) is 14.0. The van der Waals surface area contributed by atoms with Gasteiger partial charge >= 0.3 is 12.0 Å². The van der Waals surface area contributed by atoms with E-state index in [1.54, 1.807) is 4.90 Å². The molecule has 6 heteroatoms. The lowest BCUT2D eigenvalue weighted by Gasteiger charge is -2.35. The fraction of sp³-hybridized carbons (Fsp3) is 0.846. The number of hydrogen-bond acceptors (Lipinski definition) is 3. The third-order valence-electron chi connectivity index (χ3n) is 4.17. The van der Waals surface area contributed by atoms with E-state index in [1.807, 2.05) is 6.92 Å². The first-order valence-corrected chi connectivity index (χ1v) is 6.99. The monoisotopic (exact) mass is 270 g/mol. The maximum absolute atomic E-state index is 12.4. The molecule has 108 valence electrons. The average Bonchev–Trinajstić information content (AvgIpc) is 2.69. The van der Waals surface area contributed by atoms with Crippen molar-refractivity contribution in [1.29, 1.82) is 0 Å². The van der Waals surface area contributed by atoms with Crippen LogP contribution in [0.15, 0.2) is 0 Å². The van der Waals surface area contributed by atoms with Crippen LogP contribution in [0.25, 0.3) is 0 Å². The first-order chi connectivity index (χ1) is 9.02. The van der Waals surface area contributed by atoms with Gasteiger partial charge in [0.1, 0.15) is 6.04 Å². The Kier molecular flexibility index (Phi) is 4.29. The number of aliphatic carboxylic acids is 1. The number of β-amino-alcohol motifs (C(OH)–C–C–N with tert-alkyl or cyclic N) is 1. The van der Waals surface area contributed by atoms with Crippen LogP contribution in [-0.2, 0) is 4.79 Å². The predicted octanol–water partition coefficient (Wildman–Crippen LogP) is 0.748. The lowest BCUT2D eigenvalue weighted by Crippen LogP contribution is -2.49. The Labute approximate surface area is 113 Å². The number of rotatable bonds is 4. The quantitative estimate of drug-likeness (QED) is 0.790. The minimum atomic E-state index is -1.04. The molecule has 0 bridgehead atoms. The second-order valence-electron chi connectivity index (χ2n) is 5.51. The van der Waals surface area contributed by atoms with Crippen LogP contribution in [0, 0.1) is 5.92 Å². The van der Waals surface area contributed by atoms with E-state index in [4.69, 9.17) is 5.11 Å². The summed E-state index contributed by atoms with van der Waals surface area (Å²) in [6, 6.07) is -1.14. The van der Waals surface area contributed by atoms with Crippen molar-refractivity contribution in [3.63, 3.8) is 0 Å². The molecule has 1 aliphatic heterocycles. The fourth-order valence-electron chi connectivity index (χ4n) is 2.77. The van der Waals surface area contributed by atoms with Crippen LogP contribution in [-0.4, -0.2) is 63.8 Å². The fourth-order valence-corrected chi connectivity index (χ4v) is 2.77. The van der Waals surface area contributed by atoms with Gasteiger partial charge in [-0.05, 0) is 25.7 Å². The van der Waals surface area contributed by atoms with E-state index in [2.05, 4.69) is 0 Å². The Morgan fingerprint density at radius 2 is 2.05 bits per heavy atom. The van der Waals surface area contributed by atoms with Crippen molar-refractivity contribution in [3.8, 4) is 0 Å². The van der Waals surface area contributed by atoms with Gasteiger partial charge in [0, 0.05) is 26.1 Å². The molecule has 0 unspecified atom stereocenters. The number of amides is 2. The van der Waals surface area contributed by atoms with Gasteiger partial charge in [0.2, 0.25) is 0 Å². The number of aliphatic hydroxyl groups excluding tert-OH is 1. The molecule has 0 radical (unpaired) electrons. The van der Waals surface area contributed by atoms with E-state index in [1.165, 1.54) is 11.3 Å². The third-order valence-corrected chi connectivity index (χ3v) is 4.17. The van der Waals surface area contributed by atoms with Crippen molar-refractivity contribution in [2.45, 2.75) is 44.8 Å². The van der Waals surface area contributed by atoms with Gasteiger partial charge in [-0.1, -0.05) is 6.42 Å². The molecule has 2 atom stereocenters. The first kappa shape index (κ1) is 14.1. The number of likely N-dealkylation sites (tertiary alicyclic amines) is 1. The molecular weight excluding hydrogens is 248 g/mol. The molecule has 0 aromatic rings. The van der Waals surface area contributed by atoms with Gasteiger partial charge in [0.25, 0.3) is 0 Å².